The molecule has 6 rings (SSSR count). The minimum Gasteiger partial charge on any atom is -0.274 e. The Morgan fingerprint density at radius 1 is 0.545 bits per heavy atom. The van der Waals surface area contributed by atoms with Crippen molar-refractivity contribution in [1.82, 2.24) is 29.5 Å². The Hall–Kier alpha value is -5.76. The summed E-state index contributed by atoms with van der Waals surface area (Å²) in [5, 5.41) is 41.0. The Morgan fingerprint density at radius 2 is 0.927 bits per heavy atom. The molecule has 0 spiro atoms. The van der Waals surface area contributed by atoms with Gasteiger partial charge >= 0.3 is 12.4 Å². The summed E-state index contributed by atoms with van der Waals surface area (Å²) >= 11 is 1.65. The molecule has 0 saturated heterocycles. The number of nitro groups is 2. The van der Waals surface area contributed by atoms with Gasteiger partial charge in [-0.3, -0.25) is 29.4 Å². The molecular weight excluding hydrogens is 775 g/mol. The summed E-state index contributed by atoms with van der Waals surface area (Å²) in [6.07, 6.45) is -6.82. The highest BCUT2D eigenvalue weighted by Gasteiger charge is 2.35. The van der Waals surface area contributed by atoms with E-state index in [1.54, 1.807) is 69.8 Å². The van der Waals surface area contributed by atoms with Crippen LogP contribution in [0.15, 0.2) is 117 Å². The third kappa shape index (κ3) is 9.14. The molecule has 20 heteroatoms. The first kappa shape index (κ1) is 38.9. The van der Waals surface area contributed by atoms with Crippen LogP contribution in [0.3, 0.4) is 0 Å². The molecule has 4 aromatic carbocycles. The maximum absolute atomic E-state index is 13.3. The first-order chi connectivity index (χ1) is 26.2. The number of hydrogen-bond acceptors (Lipinski definition) is 10. The van der Waals surface area contributed by atoms with Crippen LogP contribution in [0.25, 0.3) is 11.4 Å². The number of alkyl halides is 6. The van der Waals surface area contributed by atoms with Crippen LogP contribution < -0.4 is 0 Å². The van der Waals surface area contributed by atoms with E-state index in [2.05, 4.69) is 20.4 Å². The van der Waals surface area contributed by atoms with E-state index < -0.39 is 44.7 Å². The van der Waals surface area contributed by atoms with E-state index in [4.69, 9.17) is 0 Å². The van der Waals surface area contributed by atoms with Crippen molar-refractivity contribution in [3.8, 4) is 11.4 Å². The standard InChI is InChI=1S/C35H26F6N8O4S2/c36-34(37,38)22-16-18-28(26(20-22)48(50)51)54-32-44-42-30(46(32)24-10-4-1-5-11-24)14-8-3-9-15-31-43-45-33(47(31)25-12-6-2-7-13-25)55-29-19-17-23(35(39,40)41)21-27(29)49(52)53/h1-2,4-7,10-13,16-21H,3,8-9,14-15H2. The molecule has 0 unspecified atom stereocenters. The largest absolute Gasteiger partial charge is 0.416 e. The second-order valence-corrected chi connectivity index (χ2v) is 13.8. The number of benzene rings is 4. The van der Waals surface area contributed by atoms with Gasteiger partial charge in [-0.2, -0.15) is 26.3 Å². The van der Waals surface area contributed by atoms with Crippen LogP contribution in [0.1, 0.15) is 42.0 Å². The minimum absolute atomic E-state index is 0.0397. The van der Waals surface area contributed by atoms with E-state index in [0.29, 0.717) is 67.3 Å². The van der Waals surface area contributed by atoms with Gasteiger partial charge in [0.25, 0.3) is 11.4 Å². The van der Waals surface area contributed by atoms with E-state index >= 15 is 0 Å². The number of halogens is 6. The normalized spacial score (nSPS) is 11.9. The molecule has 2 heterocycles. The average molecular weight is 801 g/mol. The number of aromatic nitrogens is 6. The van der Waals surface area contributed by atoms with Gasteiger partial charge in [-0.15, -0.1) is 20.4 Å². The molecule has 12 nitrogen and oxygen atoms in total. The van der Waals surface area contributed by atoms with Gasteiger partial charge in [0.2, 0.25) is 10.3 Å². The molecule has 2 aromatic heterocycles. The molecule has 0 radical (unpaired) electrons. The van der Waals surface area contributed by atoms with Crippen LogP contribution in [0.2, 0.25) is 0 Å². The van der Waals surface area contributed by atoms with E-state index in [-0.39, 0.29) is 20.1 Å². The summed E-state index contributed by atoms with van der Waals surface area (Å²) in [5.74, 6) is 1.04. The quantitative estimate of drug-likeness (QED) is 0.0451. The fraction of sp³-hybridized carbons (Fsp3) is 0.200. The van der Waals surface area contributed by atoms with Crippen LogP contribution in [-0.4, -0.2) is 39.4 Å². The van der Waals surface area contributed by atoms with Gasteiger partial charge in [0, 0.05) is 36.3 Å². The first-order valence-electron chi connectivity index (χ1n) is 16.3. The fourth-order valence-corrected chi connectivity index (χ4v) is 7.42. The topological polar surface area (TPSA) is 148 Å². The zero-order valence-electron chi connectivity index (χ0n) is 28.1. The summed E-state index contributed by atoms with van der Waals surface area (Å²) in [6.45, 7) is 0. The van der Waals surface area contributed by atoms with Crippen LogP contribution in [0, 0.1) is 20.2 Å². The van der Waals surface area contributed by atoms with Crippen molar-refractivity contribution < 1.29 is 36.2 Å². The van der Waals surface area contributed by atoms with Crippen molar-refractivity contribution in [3.05, 3.63) is 140 Å². The number of nitro benzene ring substituents is 2. The van der Waals surface area contributed by atoms with Gasteiger partial charge < -0.3 is 0 Å². The molecule has 0 aliphatic rings. The van der Waals surface area contributed by atoms with Crippen molar-refractivity contribution in [2.75, 3.05) is 0 Å². The third-order valence-electron chi connectivity index (χ3n) is 8.10. The Kier molecular flexibility index (Phi) is 11.6. The molecule has 0 amide bonds. The minimum atomic E-state index is -4.76. The van der Waals surface area contributed by atoms with E-state index in [1.807, 2.05) is 0 Å². The van der Waals surface area contributed by atoms with Crippen LogP contribution >= 0.6 is 23.5 Å². The highest BCUT2D eigenvalue weighted by molar-refractivity contribution is 7.99. The van der Waals surface area contributed by atoms with Crippen molar-refractivity contribution in [1.29, 1.82) is 0 Å². The zero-order valence-corrected chi connectivity index (χ0v) is 29.7. The lowest BCUT2D eigenvalue weighted by molar-refractivity contribution is -0.388. The number of nitrogens with zero attached hydrogens (tertiary/aromatic N) is 8. The predicted molar refractivity (Wildman–Crippen MR) is 188 cm³/mol. The van der Waals surface area contributed by atoms with E-state index in [0.717, 1.165) is 47.8 Å². The smallest absolute Gasteiger partial charge is 0.274 e. The summed E-state index contributed by atoms with van der Waals surface area (Å²) < 4.78 is 83.1. The molecule has 55 heavy (non-hydrogen) atoms. The molecule has 6 aromatic rings. The Labute approximate surface area is 315 Å². The van der Waals surface area contributed by atoms with Gasteiger partial charge in [0.15, 0.2) is 0 Å². The number of para-hydroxylation sites is 2. The third-order valence-corrected chi connectivity index (χ3v) is 10.1. The van der Waals surface area contributed by atoms with Crippen LogP contribution in [0.4, 0.5) is 37.7 Å². The van der Waals surface area contributed by atoms with Crippen molar-refractivity contribution in [2.45, 2.75) is 64.6 Å². The molecule has 0 aliphatic carbocycles. The first-order valence-corrected chi connectivity index (χ1v) is 17.9. The lowest BCUT2D eigenvalue weighted by atomic mass is 10.1. The molecule has 0 N–H and O–H groups in total. The summed E-state index contributed by atoms with van der Waals surface area (Å²) in [6, 6.07) is 22.4. The van der Waals surface area contributed by atoms with Crippen LogP contribution in [0.5, 0.6) is 0 Å². The van der Waals surface area contributed by atoms with Gasteiger partial charge in [0.1, 0.15) is 11.6 Å². The lowest BCUT2D eigenvalue weighted by Crippen LogP contribution is -2.06. The monoisotopic (exact) mass is 800 g/mol. The summed E-state index contributed by atoms with van der Waals surface area (Å²) in [5.41, 5.74) is -2.43. The van der Waals surface area contributed by atoms with E-state index in [1.165, 1.54) is 0 Å². The predicted octanol–water partition coefficient (Wildman–Crippen LogP) is 9.96. The van der Waals surface area contributed by atoms with Crippen molar-refractivity contribution in [2.24, 2.45) is 0 Å². The van der Waals surface area contributed by atoms with Gasteiger partial charge in [0.05, 0.1) is 30.8 Å². The molecule has 0 aliphatic heterocycles. The number of unbranched alkanes of at least 4 members (excludes halogenated alkanes) is 2. The molecule has 0 saturated carbocycles. The Balaban J connectivity index is 1.19. The van der Waals surface area contributed by atoms with E-state index in [9.17, 15) is 46.6 Å². The second-order valence-electron chi connectivity index (χ2n) is 11.8. The molecule has 0 atom stereocenters. The van der Waals surface area contributed by atoms with Gasteiger partial charge in [-0.1, -0.05) is 42.8 Å². The highest BCUT2D eigenvalue weighted by atomic mass is 32.2. The van der Waals surface area contributed by atoms with Crippen LogP contribution in [-0.2, 0) is 25.2 Å². The zero-order chi connectivity index (χ0) is 39.3. The van der Waals surface area contributed by atoms with Crippen molar-refractivity contribution >= 4 is 34.9 Å². The van der Waals surface area contributed by atoms with Gasteiger partial charge in [-0.05, 0) is 84.9 Å². The highest BCUT2D eigenvalue weighted by Crippen LogP contribution is 2.41. The maximum Gasteiger partial charge on any atom is 0.416 e. The molecule has 284 valence electrons. The molecule has 0 bridgehead atoms. The Bertz CT molecular complexity index is 2160. The second kappa shape index (κ2) is 16.3. The summed E-state index contributed by atoms with van der Waals surface area (Å²) in [4.78, 5) is 21.6. The molecule has 0 fully saturated rings. The SMILES string of the molecule is O=[N+]([O-])c1cc(C(F)(F)F)ccc1Sc1nnc(CCCCCc2nnc(Sc3ccc(C(F)(F)F)cc3[N+](=O)[O-])n2-c2ccccc2)n1-c1ccccc1. The lowest BCUT2D eigenvalue weighted by Gasteiger charge is -2.12. The number of rotatable bonds is 14. The fourth-order valence-electron chi connectivity index (χ4n) is 5.51. The van der Waals surface area contributed by atoms with Crippen molar-refractivity contribution in [3.63, 3.8) is 0 Å². The summed E-state index contributed by atoms with van der Waals surface area (Å²) in [7, 11) is 0. The van der Waals surface area contributed by atoms with Gasteiger partial charge in [-0.25, -0.2) is 0 Å². The maximum atomic E-state index is 13.3. The molecular formula is C35H26F6N8O4S2. The number of hydrogen-bond donors (Lipinski definition) is 0. The Morgan fingerprint density at radius 3 is 1.27 bits per heavy atom. The average Bonchev–Trinajstić information content (AvgIpc) is 3.74. The number of aryl methyl sites for hydroxylation is 2.